The Morgan fingerprint density at radius 1 is 0.863 bits per heavy atom. The lowest BCUT2D eigenvalue weighted by Gasteiger charge is -2.26. The number of nitrogens with one attached hydrogen (secondary N) is 2. The second-order valence-corrected chi connectivity index (χ2v) is 14.6. The highest BCUT2D eigenvalue weighted by atomic mass is 32.2. The lowest BCUT2D eigenvalue weighted by atomic mass is 9.84. The Kier molecular flexibility index (Phi) is 11.4. The standard InChI is InChI=1S/C38H40F2N4O6S/c1-26-13-20-31(23-34(26)51(49,50)43(2)32-11-7-4-8-12-32)42-37(48)44(33-21-18-29(19-22-33)28-9-5-3-6-10-28)24-27-14-16-30(17-15-27)35(45)41-25-38(39,40)36(46)47/h4,7-8,11-23,28H,3,5-6,9-10,24-25H2,1-2H3,(H,41,45)(H,42,48)(H,46,47). The molecular formula is C38H40F2N4O6S. The largest absolute Gasteiger partial charge is 0.477 e. The smallest absolute Gasteiger partial charge is 0.376 e. The molecule has 0 aliphatic heterocycles. The molecule has 1 saturated carbocycles. The topological polar surface area (TPSA) is 136 Å². The fraction of sp³-hybridized carbons (Fsp3) is 0.289. The molecule has 0 radical (unpaired) electrons. The summed E-state index contributed by atoms with van der Waals surface area (Å²) in [5.74, 6) is -6.88. The van der Waals surface area contributed by atoms with Gasteiger partial charge in [0.2, 0.25) is 0 Å². The van der Waals surface area contributed by atoms with Gasteiger partial charge in [0.1, 0.15) is 0 Å². The van der Waals surface area contributed by atoms with E-state index in [0.29, 0.717) is 28.4 Å². The maximum Gasteiger partial charge on any atom is 0.376 e. The molecule has 0 unspecified atom stereocenters. The Hall–Kier alpha value is -5.30. The number of hydrogen-bond acceptors (Lipinski definition) is 5. The number of carbonyl (C=O) groups is 3. The molecule has 0 spiro atoms. The second kappa shape index (κ2) is 15.7. The first-order chi connectivity index (χ1) is 24.3. The van der Waals surface area contributed by atoms with Crippen LogP contribution in [-0.4, -0.2) is 50.9 Å². The van der Waals surface area contributed by atoms with Crippen molar-refractivity contribution in [2.45, 2.75) is 62.3 Å². The van der Waals surface area contributed by atoms with Gasteiger partial charge >= 0.3 is 17.9 Å². The van der Waals surface area contributed by atoms with Crippen LogP contribution >= 0.6 is 0 Å². The van der Waals surface area contributed by atoms with Crippen molar-refractivity contribution in [3.63, 3.8) is 0 Å². The molecule has 0 saturated heterocycles. The van der Waals surface area contributed by atoms with Crippen molar-refractivity contribution in [1.29, 1.82) is 0 Å². The predicted molar refractivity (Wildman–Crippen MR) is 192 cm³/mol. The van der Waals surface area contributed by atoms with Gasteiger partial charge in [-0.15, -0.1) is 0 Å². The number of aryl methyl sites for hydroxylation is 1. The molecule has 0 bridgehead atoms. The SMILES string of the molecule is Cc1ccc(NC(=O)N(Cc2ccc(C(=O)NCC(F)(F)C(=O)O)cc2)c2ccc(C3CCCCC3)cc2)cc1S(=O)(=O)N(C)c1ccccc1. The first kappa shape index (κ1) is 37.0. The third-order valence-electron chi connectivity index (χ3n) is 9.06. The minimum atomic E-state index is -4.11. The minimum Gasteiger partial charge on any atom is -0.477 e. The van der Waals surface area contributed by atoms with Crippen LogP contribution in [0.3, 0.4) is 0 Å². The zero-order valence-electron chi connectivity index (χ0n) is 28.3. The van der Waals surface area contributed by atoms with E-state index in [1.54, 1.807) is 61.5 Å². The number of urea groups is 1. The molecule has 4 aromatic rings. The minimum absolute atomic E-state index is 0.0293. The number of carbonyl (C=O) groups excluding carboxylic acids is 2. The van der Waals surface area contributed by atoms with Crippen LogP contribution in [0.5, 0.6) is 0 Å². The summed E-state index contributed by atoms with van der Waals surface area (Å²) in [6.45, 7) is 0.360. The summed E-state index contributed by atoms with van der Waals surface area (Å²) in [5.41, 5.74) is 3.65. The van der Waals surface area contributed by atoms with Gasteiger partial charge in [0.15, 0.2) is 0 Å². The van der Waals surface area contributed by atoms with Gasteiger partial charge < -0.3 is 15.7 Å². The number of carboxylic acids is 1. The van der Waals surface area contributed by atoms with Crippen LogP contribution in [-0.2, 0) is 21.4 Å². The van der Waals surface area contributed by atoms with E-state index in [0.717, 1.165) is 12.8 Å². The lowest BCUT2D eigenvalue weighted by Crippen LogP contribution is -2.42. The molecule has 3 amide bonds. The number of benzene rings is 4. The van der Waals surface area contributed by atoms with E-state index in [9.17, 15) is 31.6 Å². The van der Waals surface area contributed by atoms with Crippen LogP contribution in [0.1, 0.15) is 65.1 Å². The predicted octanol–water partition coefficient (Wildman–Crippen LogP) is 7.56. The number of para-hydroxylation sites is 1. The van der Waals surface area contributed by atoms with Crippen LogP contribution < -0.4 is 19.8 Å². The first-order valence-electron chi connectivity index (χ1n) is 16.6. The number of nitrogens with zero attached hydrogens (tertiary/aromatic N) is 2. The van der Waals surface area contributed by atoms with Crippen molar-refractivity contribution in [3.8, 4) is 0 Å². The van der Waals surface area contributed by atoms with E-state index < -0.39 is 40.4 Å². The van der Waals surface area contributed by atoms with Crippen molar-refractivity contribution in [2.75, 3.05) is 28.1 Å². The van der Waals surface area contributed by atoms with Crippen LogP contribution in [0.2, 0.25) is 0 Å². The quantitative estimate of drug-likeness (QED) is 0.138. The average Bonchev–Trinajstić information content (AvgIpc) is 3.14. The fourth-order valence-electron chi connectivity index (χ4n) is 6.03. The van der Waals surface area contributed by atoms with E-state index >= 15 is 0 Å². The normalized spacial score (nSPS) is 13.6. The molecular weight excluding hydrogens is 679 g/mol. The number of hydrogen-bond donors (Lipinski definition) is 3. The molecule has 10 nitrogen and oxygen atoms in total. The van der Waals surface area contributed by atoms with Gasteiger partial charge in [0.25, 0.3) is 15.9 Å². The zero-order chi connectivity index (χ0) is 36.8. The highest BCUT2D eigenvalue weighted by Crippen LogP contribution is 2.34. The number of carboxylic acid groups (broad SMARTS) is 1. The molecule has 268 valence electrons. The van der Waals surface area contributed by atoms with E-state index in [2.05, 4.69) is 5.32 Å². The van der Waals surface area contributed by atoms with Gasteiger partial charge in [-0.05, 0) is 90.9 Å². The average molecular weight is 719 g/mol. The molecule has 5 rings (SSSR count). The molecule has 1 aliphatic rings. The van der Waals surface area contributed by atoms with Gasteiger partial charge in [0, 0.05) is 24.0 Å². The molecule has 13 heteroatoms. The molecule has 3 N–H and O–H groups in total. The lowest BCUT2D eigenvalue weighted by molar-refractivity contribution is -0.163. The summed E-state index contributed by atoms with van der Waals surface area (Å²) in [7, 11) is -2.51. The van der Waals surface area contributed by atoms with Crippen molar-refractivity contribution >= 4 is 45.0 Å². The van der Waals surface area contributed by atoms with Gasteiger partial charge in [-0.2, -0.15) is 8.78 Å². The number of halogens is 2. The molecule has 4 aromatic carbocycles. The van der Waals surface area contributed by atoms with Crippen LogP contribution in [0.15, 0.2) is 102 Å². The zero-order valence-corrected chi connectivity index (χ0v) is 29.1. The Bertz CT molecular complexity index is 1970. The summed E-state index contributed by atoms with van der Waals surface area (Å²) in [6, 6.07) is 26.5. The molecule has 1 fully saturated rings. The van der Waals surface area contributed by atoms with E-state index in [-0.39, 0.29) is 22.7 Å². The number of sulfonamides is 1. The van der Waals surface area contributed by atoms with Crippen LogP contribution in [0.4, 0.5) is 30.6 Å². The number of rotatable bonds is 12. The highest BCUT2D eigenvalue weighted by Gasteiger charge is 2.39. The van der Waals surface area contributed by atoms with Gasteiger partial charge in [0.05, 0.1) is 23.7 Å². The van der Waals surface area contributed by atoms with Crippen molar-refractivity contribution in [2.24, 2.45) is 0 Å². The monoisotopic (exact) mass is 718 g/mol. The Labute approximate surface area is 296 Å². The fourth-order valence-corrected chi connectivity index (χ4v) is 7.47. The summed E-state index contributed by atoms with van der Waals surface area (Å²) in [5, 5.41) is 13.4. The Balaban J connectivity index is 1.39. The summed E-state index contributed by atoms with van der Waals surface area (Å²) >= 11 is 0. The number of amides is 3. The number of aliphatic carboxylic acids is 1. The van der Waals surface area contributed by atoms with Gasteiger partial charge in [-0.3, -0.25) is 14.0 Å². The second-order valence-electron chi connectivity index (χ2n) is 12.6. The van der Waals surface area contributed by atoms with E-state index in [1.807, 2.05) is 29.6 Å². The maximum absolute atomic E-state index is 14.0. The molecule has 51 heavy (non-hydrogen) atoms. The van der Waals surface area contributed by atoms with Crippen LogP contribution in [0, 0.1) is 6.92 Å². The van der Waals surface area contributed by atoms with Crippen molar-refractivity contribution < 1.29 is 36.7 Å². The molecule has 0 aromatic heterocycles. The maximum atomic E-state index is 14.0. The summed E-state index contributed by atoms with van der Waals surface area (Å²) < 4.78 is 55.4. The molecule has 1 aliphatic carbocycles. The van der Waals surface area contributed by atoms with Crippen molar-refractivity contribution in [1.82, 2.24) is 5.32 Å². The Morgan fingerprint density at radius 2 is 1.51 bits per heavy atom. The third kappa shape index (κ3) is 8.90. The number of anilines is 3. The van der Waals surface area contributed by atoms with Gasteiger partial charge in [-0.1, -0.05) is 67.8 Å². The van der Waals surface area contributed by atoms with Gasteiger partial charge in [-0.25, -0.2) is 18.0 Å². The first-order valence-corrected chi connectivity index (χ1v) is 18.0. The summed E-state index contributed by atoms with van der Waals surface area (Å²) in [6.07, 6.45) is 5.78. The Morgan fingerprint density at radius 3 is 2.14 bits per heavy atom. The number of alkyl halides is 2. The van der Waals surface area contributed by atoms with Crippen LogP contribution in [0.25, 0.3) is 0 Å². The van der Waals surface area contributed by atoms with Crippen molar-refractivity contribution in [3.05, 3.63) is 119 Å². The molecule has 0 atom stereocenters. The third-order valence-corrected chi connectivity index (χ3v) is 11.0. The highest BCUT2D eigenvalue weighted by molar-refractivity contribution is 7.92. The van der Waals surface area contributed by atoms with E-state index in [4.69, 9.17) is 5.11 Å². The summed E-state index contributed by atoms with van der Waals surface area (Å²) in [4.78, 5) is 38.6. The van der Waals surface area contributed by atoms with E-state index in [1.165, 1.54) is 59.3 Å². The molecule has 0 heterocycles.